The largest absolute Gasteiger partial charge is 0.476 e. The van der Waals surface area contributed by atoms with Gasteiger partial charge in [0.1, 0.15) is 12.4 Å². The number of piperazine rings is 1. The van der Waals surface area contributed by atoms with Crippen molar-refractivity contribution in [3.05, 3.63) is 47.5 Å². The topological polar surface area (TPSA) is 98.8 Å². The average Bonchev–Trinajstić information content (AvgIpc) is 2.95. The minimum Gasteiger partial charge on any atom is -0.476 e. The maximum Gasteiger partial charge on any atom is 0.219 e. The highest BCUT2D eigenvalue weighted by molar-refractivity contribution is 5.77. The van der Waals surface area contributed by atoms with Gasteiger partial charge in [0.15, 0.2) is 0 Å². The van der Waals surface area contributed by atoms with E-state index in [0.717, 1.165) is 69.9 Å². The Kier molecular flexibility index (Phi) is 20.0. The van der Waals surface area contributed by atoms with Crippen molar-refractivity contribution in [2.75, 3.05) is 63.1 Å². The second-order valence-electron chi connectivity index (χ2n) is 8.83. The van der Waals surface area contributed by atoms with Gasteiger partial charge in [-0.05, 0) is 25.3 Å². The minimum atomic E-state index is 0. The summed E-state index contributed by atoms with van der Waals surface area (Å²) in [4.78, 5) is 22.2. The number of nitrogen functional groups attached to an aromatic ring is 1. The number of benzene rings is 1. The van der Waals surface area contributed by atoms with Gasteiger partial charge in [-0.3, -0.25) is 9.69 Å². The summed E-state index contributed by atoms with van der Waals surface area (Å²) in [5, 5.41) is 6.92. The van der Waals surface area contributed by atoms with Crippen molar-refractivity contribution in [2.45, 2.75) is 68.2 Å². The van der Waals surface area contributed by atoms with E-state index in [1.807, 2.05) is 75.9 Å². The number of nitrogens with one attached hydrogen (secondary N) is 1. The van der Waals surface area contributed by atoms with Crippen molar-refractivity contribution in [3.8, 4) is 5.88 Å². The zero-order chi connectivity index (χ0) is 29.6. The molecule has 0 bridgehead atoms. The van der Waals surface area contributed by atoms with Crippen LogP contribution in [-0.2, 0) is 4.79 Å². The monoisotopic (exact) mass is 544 g/mol. The molecule has 0 aliphatic carbocycles. The van der Waals surface area contributed by atoms with Gasteiger partial charge in [-0.15, -0.1) is 0 Å². The number of aromatic nitrogens is 1. The predicted octanol–water partition coefficient (Wildman–Crippen LogP) is 6.12. The smallest absolute Gasteiger partial charge is 0.219 e. The van der Waals surface area contributed by atoms with Gasteiger partial charge >= 0.3 is 0 Å². The van der Waals surface area contributed by atoms with Crippen molar-refractivity contribution in [1.82, 2.24) is 14.8 Å². The Hall–Kier alpha value is -3.13. The third kappa shape index (κ3) is 14.6. The molecule has 1 amide bonds. The molecule has 3 N–H and O–H groups in total. The summed E-state index contributed by atoms with van der Waals surface area (Å²) >= 11 is 0. The SMILES string of the molecule is CC.CC.CCCN(CCC)c1cc(N)nc(OCCN2CCN(C(C)=O)CC2)c1.Cc1cccc(C=N)c1.[HH]. The van der Waals surface area contributed by atoms with Crippen LogP contribution in [0.5, 0.6) is 5.88 Å². The number of amides is 1. The summed E-state index contributed by atoms with van der Waals surface area (Å²) in [5.41, 5.74) is 9.23. The summed E-state index contributed by atoms with van der Waals surface area (Å²) < 4.78 is 5.87. The molecular formula is C31H56N6O2. The number of nitrogens with two attached hydrogens (primary N) is 1. The molecule has 1 aromatic heterocycles. The van der Waals surface area contributed by atoms with Gasteiger partial charge in [-0.1, -0.05) is 71.4 Å². The summed E-state index contributed by atoms with van der Waals surface area (Å²) in [6.45, 7) is 22.7. The third-order valence-corrected chi connectivity index (χ3v) is 5.84. The zero-order valence-corrected chi connectivity index (χ0v) is 25.8. The van der Waals surface area contributed by atoms with Crippen molar-refractivity contribution in [3.63, 3.8) is 0 Å². The van der Waals surface area contributed by atoms with Crippen LogP contribution in [0, 0.1) is 12.3 Å². The van der Waals surface area contributed by atoms with Gasteiger partial charge in [-0.2, -0.15) is 4.98 Å². The number of ether oxygens (including phenoxy) is 1. The maximum absolute atomic E-state index is 11.4. The van der Waals surface area contributed by atoms with Crippen molar-refractivity contribution < 1.29 is 11.0 Å². The molecule has 3 rings (SSSR count). The maximum atomic E-state index is 11.4. The predicted molar refractivity (Wildman–Crippen MR) is 170 cm³/mol. The van der Waals surface area contributed by atoms with Gasteiger partial charge in [-0.25, -0.2) is 0 Å². The van der Waals surface area contributed by atoms with Crippen LogP contribution < -0.4 is 15.4 Å². The third-order valence-electron chi connectivity index (χ3n) is 5.84. The fraction of sp³-hybridized carbons (Fsp3) is 0.581. The number of rotatable bonds is 10. The van der Waals surface area contributed by atoms with Crippen LogP contribution in [0.2, 0.25) is 0 Å². The highest BCUT2D eigenvalue weighted by Crippen LogP contribution is 2.23. The van der Waals surface area contributed by atoms with Crippen LogP contribution in [0.4, 0.5) is 11.5 Å². The van der Waals surface area contributed by atoms with Gasteiger partial charge < -0.3 is 25.7 Å². The zero-order valence-electron chi connectivity index (χ0n) is 25.8. The Morgan fingerprint density at radius 1 is 1.08 bits per heavy atom. The van der Waals surface area contributed by atoms with Gasteiger partial charge in [0, 0.05) is 78.2 Å². The van der Waals surface area contributed by atoms with Crippen LogP contribution in [0.25, 0.3) is 0 Å². The lowest BCUT2D eigenvalue weighted by molar-refractivity contribution is -0.130. The molecule has 0 unspecified atom stereocenters. The minimum absolute atomic E-state index is 0. The van der Waals surface area contributed by atoms with Crippen molar-refractivity contribution in [1.29, 1.82) is 5.41 Å². The molecule has 39 heavy (non-hydrogen) atoms. The highest BCUT2D eigenvalue weighted by atomic mass is 16.5. The van der Waals surface area contributed by atoms with Gasteiger partial charge in [0.25, 0.3) is 0 Å². The Balaban J connectivity index is 0. The second-order valence-corrected chi connectivity index (χ2v) is 8.83. The Morgan fingerprint density at radius 2 is 1.69 bits per heavy atom. The van der Waals surface area contributed by atoms with E-state index in [0.29, 0.717) is 18.3 Å². The number of hydrogen-bond donors (Lipinski definition) is 2. The van der Waals surface area contributed by atoms with Crippen LogP contribution >= 0.6 is 0 Å². The van der Waals surface area contributed by atoms with Gasteiger partial charge in [0.05, 0.1) is 0 Å². The Bertz CT molecular complexity index is 930. The molecule has 8 heteroatoms. The lowest BCUT2D eigenvalue weighted by Gasteiger charge is -2.34. The summed E-state index contributed by atoms with van der Waals surface area (Å²) in [6, 6.07) is 11.8. The van der Waals surface area contributed by atoms with E-state index >= 15 is 0 Å². The molecule has 1 saturated heterocycles. The number of aryl methyl sites for hydroxylation is 1. The fourth-order valence-electron chi connectivity index (χ4n) is 4.00. The molecule has 0 saturated carbocycles. The van der Waals surface area contributed by atoms with E-state index in [9.17, 15) is 4.79 Å². The van der Waals surface area contributed by atoms with E-state index < -0.39 is 0 Å². The van der Waals surface area contributed by atoms with Crippen LogP contribution in [0.15, 0.2) is 36.4 Å². The first kappa shape index (κ1) is 35.9. The fourth-order valence-corrected chi connectivity index (χ4v) is 4.00. The quantitative estimate of drug-likeness (QED) is 0.349. The highest BCUT2D eigenvalue weighted by Gasteiger charge is 2.18. The summed E-state index contributed by atoms with van der Waals surface area (Å²) in [7, 11) is 0. The molecule has 0 atom stereocenters. The number of nitrogens with zero attached hydrogens (tertiary/aromatic N) is 4. The Morgan fingerprint density at radius 3 is 2.18 bits per heavy atom. The first-order chi connectivity index (χ1) is 18.9. The van der Waals surface area contributed by atoms with Crippen LogP contribution in [0.1, 0.15) is 73.9 Å². The summed E-state index contributed by atoms with van der Waals surface area (Å²) in [5.74, 6) is 1.23. The summed E-state index contributed by atoms with van der Waals surface area (Å²) in [6.07, 6.45) is 3.53. The normalized spacial score (nSPS) is 12.5. The molecule has 1 aromatic carbocycles. The molecule has 1 aliphatic rings. The molecule has 222 valence electrons. The molecule has 0 radical (unpaired) electrons. The molecule has 1 fully saturated rings. The molecule has 1 aliphatic heterocycles. The molecule has 2 aromatic rings. The molecular weight excluding hydrogens is 488 g/mol. The van der Waals surface area contributed by atoms with Crippen molar-refractivity contribution >= 4 is 23.6 Å². The molecule has 0 spiro atoms. The number of anilines is 2. The molecule has 8 nitrogen and oxygen atoms in total. The standard InChI is InChI=1S/C19H33N5O2.C8H9N.2C2H6.H2/c1-4-6-24(7-5-2)17-14-18(20)21-19(15-17)26-13-12-22-8-10-23(11-9-22)16(3)25;1-7-3-2-4-8(5-7)6-9;2*1-2;/h14-15H,4-13H2,1-3H3,(H2,20,21);2-6,9H,1H3;2*1-2H3;1H. The van der Waals surface area contributed by atoms with Crippen LogP contribution in [0.3, 0.4) is 0 Å². The first-order valence-corrected chi connectivity index (χ1v) is 14.6. The van der Waals surface area contributed by atoms with E-state index in [1.165, 1.54) is 11.8 Å². The Labute approximate surface area is 239 Å². The van der Waals surface area contributed by atoms with Crippen LogP contribution in [-0.4, -0.2) is 79.3 Å². The second kappa shape index (κ2) is 21.8. The van der Waals surface area contributed by atoms with E-state index in [1.54, 1.807) is 6.92 Å². The number of pyridine rings is 1. The molecule has 2 heterocycles. The average molecular weight is 545 g/mol. The van der Waals surface area contributed by atoms with E-state index in [2.05, 4.69) is 28.6 Å². The van der Waals surface area contributed by atoms with E-state index in [4.69, 9.17) is 15.9 Å². The number of carbonyl (C=O) groups excluding carboxylic acids is 1. The lowest BCUT2D eigenvalue weighted by atomic mass is 10.2. The van der Waals surface area contributed by atoms with Crippen molar-refractivity contribution in [2.24, 2.45) is 0 Å². The first-order valence-electron chi connectivity index (χ1n) is 14.6. The van der Waals surface area contributed by atoms with Gasteiger partial charge in [0.2, 0.25) is 11.8 Å². The number of carbonyl (C=O) groups is 1. The lowest BCUT2D eigenvalue weighted by Crippen LogP contribution is -2.48. The number of hydrogen-bond acceptors (Lipinski definition) is 7. The van der Waals surface area contributed by atoms with E-state index in [-0.39, 0.29) is 7.33 Å².